The van der Waals surface area contributed by atoms with Gasteiger partial charge in [-0.3, -0.25) is 14.4 Å². The van der Waals surface area contributed by atoms with E-state index in [0.717, 1.165) is 33.4 Å². The molecule has 2 aromatic rings. The Bertz CT molecular complexity index is 1190. The smallest absolute Gasteiger partial charge is 0.342 e. The van der Waals surface area contributed by atoms with Crippen LogP contribution in [0.5, 0.6) is 5.75 Å². The summed E-state index contributed by atoms with van der Waals surface area (Å²) in [5, 5.41) is 0. The number of carbonyl (C=O) groups is 5. The topological polar surface area (TPSA) is 150 Å². The third-order valence-corrected chi connectivity index (χ3v) is 5.40. The van der Waals surface area contributed by atoms with Gasteiger partial charge in [-0.1, -0.05) is 42.5 Å². The van der Waals surface area contributed by atoms with Gasteiger partial charge in [-0.05, 0) is 17.7 Å². The molecule has 1 aliphatic heterocycles. The van der Waals surface area contributed by atoms with Crippen molar-refractivity contribution < 1.29 is 57.1 Å². The first-order chi connectivity index (χ1) is 18.6. The Hall–Kier alpha value is -4.45. The highest BCUT2D eigenvalue weighted by molar-refractivity contribution is 5.92. The molecule has 2 aromatic carbocycles. The molecular formula is C27H28O12. The number of para-hydroxylation sites is 1. The molecule has 0 saturated carbocycles. The normalized spacial score (nSPS) is 22.1. The van der Waals surface area contributed by atoms with Crippen molar-refractivity contribution in [2.45, 2.75) is 58.1 Å². The predicted molar refractivity (Wildman–Crippen MR) is 130 cm³/mol. The van der Waals surface area contributed by atoms with Crippen LogP contribution in [-0.4, -0.2) is 67.7 Å². The van der Waals surface area contributed by atoms with Crippen molar-refractivity contribution in [1.29, 1.82) is 0 Å². The molecule has 0 bridgehead atoms. The minimum Gasteiger partial charge on any atom is -0.467 e. The van der Waals surface area contributed by atoms with E-state index in [1.165, 1.54) is 12.1 Å². The average Bonchev–Trinajstić information content (AvgIpc) is 2.90. The van der Waals surface area contributed by atoms with Gasteiger partial charge < -0.3 is 33.2 Å². The maximum Gasteiger partial charge on any atom is 0.342 e. The molecule has 208 valence electrons. The van der Waals surface area contributed by atoms with Crippen LogP contribution in [0.3, 0.4) is 0 Å². The fourth-order valence-electron chi connectivity index (χ4n) is 3.84. The summed E-state index contributed by atoms with van der Waals surface area (Å²) >= 11 is 0. The highest BCUT2D eigenvalue weighted by atomic mass is 16.7. The molecule has 3 rings (SSSR count). The maximum atomic E-state index is 12.9. The van der Waals surface area contributed by atoms with Gasteiger partial charge in [-0.2, -0.15) is 0 Å². The molecule has 0 radical (unpaired) electrons. The van der Waals surface area contributed by atoms with Crippen molar-refractivity contribution >= 4 is 29.8 Å². The highest BCUT2D eigenvalue weighted by Crippen LogP contribution is 2.32. The summed E-state index contributed by atoms with van der Waals surface area (Å²) in [6.07, 6.45) is -7.86. The molecule has 1 saturated heterocycles. The van der Waals surface area contributed by atoms with Crippen LogP contribution < -0.4 is 4.74 Å². The second-order valence-corrected chi connectivity index (χ2v) is 8.35. The van der Waals surface area contributed by atoms with E-state index in [1.807, 2.05) is 6.07 Å². The van der Waals surface area contributed by atoms with Crippen molar-refractivity contribution in [1.82, 2.24) is 0 Å². The lowest BCUT2D eigenvalue weighted by Gasteiger charge is -2.43. The molecular weight excluding hydrogens is 516 g/mol. The Morgan fingerprint density at radius 1 is 0.744 bits per heavy atom. The number of hydrogen-bond donors (Lipinski definition) is 0. The van der Waals surface area contributed by atoms with Gasteiger partial charge in [0.25, 0.3) is 0 Å². The van der Waals surface area contributed by atoms with Gasteiger partial charge in [0, 0.05) is 20.8 Å². The van der Waals surface area contributed by atoms with E-state index in [4.69, 9.17) is 33.2 Å². The fourth-order valence-corrected chi connectivity index (χ4v) is 3.84. The number of methoxy groups -OCH3 is 1. The second kappa shape index (κ2) is 13.4. The Morgan fingerprint density at radius 2 is 1.31 bits per heavy atom. The molecule has 12 heteroatoms. The third kappa shape index (κ3) is 7.77. The van der Waals surface area contributed by atoms with Crippen molar-refractivity contribution in [2.75, 3.05) is 7.11 Å². The summed E-state index contributed by atoms with van der Waals surface area (Å²) in [6, 6.07) is 15.0. The van der Waals surface area contributed by atoms with E-state index in [2.05, 4.69) is 0 Å². The molecule has 1 aliphatic rings. The number of esters is 5. The molecule has 0 aromatic heterocycles. The van der Waals surface area contributed by atoms with E-state index >= 15 is 0 Å². The largest absolute Gasteiger partial charge is 0.467 e. The van der Waals surface area contributed by atoms with Crippen LogP contribution in [-0.2, 0) is 54.2 Å². The summed E-state index contributed by atoms with van der Waals surface area (Å²) in [7, 11) is 1.07. The van der Waals surface area contributed by atoms with Gasteiger partial charge >= 0.3 is 29.8 Å². The number of rotatable bonds is 9. The Balaban J connectivity index is 1.96. The molecule has 0 N–H and O–H groups in total. The van der Waals surface area contributed by atoms with E-state index in [9.17, 15) is 24.0 Å². The third-order valence-electron chi connectivity index (χ3n) is 5.40. The number of carbonyl (C=O) groups excluding carboxylic acids is 5. The quantitative estimate of drug-likeness (QED) is 0.336. The summed E-state index contributed by atoms with van der Waals surface area (Å²) in [5.41, 5.74) is 0.760. The van der Waals surface area contributed by atoms with Gasteiger partial charge in [0.2, 0.25) is 12.4 Å². The molecule has 0 aliphatic carbocycles. The van der Waals surface area contributed by atoms with Crippen molar-refractivity contribution in [3.05, 3.63) is 65.7 Å². The minimum atomic E-state index is -1.64. The van der Waals surface area contributed by atoms with Crippen LogP contribution in [0.25, 0.3) is 0 Å². The molecule has 0 unspecified atom stereocenters. The number of benzene rings is 2. The van der Waals surface area contributed by atoms with Crippen molar-refractivity contribution in [3.8, 4) is 5.75 Å². The summed E-state index contributed by atoms with van der Waals surface area (Å²) in [5.74, 6) is -4.24. The van der Waals surface area contributed by atoms with Crippen LogP contribution in [0, 0.1) is 0 Å². The first-order valence-electron chi connectivity index (χ1n) is 11.8. The zero-order valence-corrected chi connectivity index (χ0v) is 21.7. The van der Waals surface area contributed by atoms with Gasteiger partial charge in [0.05, 0.1) is 7.11 Å². The molecule has 0 amide bonds. The van der Waals surface area contributed by atoms with Gasteiger partial charge in [-0.15, -0.1) is 0 Å². The van der Waals surface area contributed by atoms with Gasteiger partial charge in [-0.25, -0.2) is 9.59 Å². The number of hydrogen-bond acceptors (Lipinski definition) is 12. The maximum absolute atomic E-state index is 12.9. The summed E-state index contributed by atoms with van der Waals surface area (Å²) < 4.78 is 37.7. The Labute approximate surface area is 224 Å². The van der Waals surface area contributed by atoms with Crippen LogP contribution in [0.2, 0.25) is 0 Å². The summed E-state index contributed by atoms with van der Waals surface area (Å²) in [6.45, 7) is 3.23. The summed E-state index contributed by atoms with van der Waals surface area (Å²) in [4.78, 5) is 61.3. The molecule has 5 atom stereocenters. The zero-order chi connectivity index (χ0) is 28.5. The number of ether oxygens (including phenoxy) is 7. The Morgan fingerprint density at radius 3 is 1.92 bits per heavy atom. The van der Waals surface area contributed by atoms with Crippen LogP contribution >= 0.6 is 0 Å². The first kappa shape index (κ1) is 29.1. The highest BCUT2D eigenvalue weighted by Gasteiger charge is 2.56. The first-order valence-corrected chi connectivity index (χ1v) is 11.8. The fraction of sp³-hybridized carbons (Fsp3) is 0.370. The standard InChI is InChI=1S/C27H28O12/c1-15(28)35-21-22(36-16(2)29)24(37-17(3)30)27(39-23(21)26(32)33-4)38-20-13-9-8-12-19(20)25(31)34-14-18-10-6-5-7-11-18/h5-13,21-24,27H,14H2,1-4H3/t21-,22-,23-,24+,27+/m0/s1. The van der Waals surface area contributed by atoms with Gasteiger partial charge in [0.15, 0.2) is 18.3 Å². The van der Waals surface area contributed by atoms with Crippen molar-refractivity contribution in [3.63, 3.8) is 0 Å². The van der Waals surface area contributed by atoms with E-state index < -0.39 is 60.6 Å². The average molecular weight is 545 g/mol. The zero-order valence-electron chi connectivity index (χ0n) is 21.7. The molecule has 39 heavy (non-hydrogen) atoms. The predicted octanol–water partition coefficient (Wildman–Crippen LogP) is 2.12. The van der Waals surface area contributed by atoms with Crippen LogP contribution in [0.15, 0.2) is 54.6 Å². The second-order valence-electron chi connectivity index (χ2n) is 8.35. The monoisotopic (exact) mass is 544 g/mol. The van der Waals surface area contributed by atoms with Gasteiger partial charge in [0.1, 0.15) is 17.9 Å². The van der Waals surface area contributed by atoms with E-state index in [0.29, 0.717) is 0 Å². The van der Waals surface area contributed by atoms with Crippen LogP contribution in [0.1, 0.15) is 36.7 Å². The van der Waals surface area contributed by atoms with Crippen molar-refractivity contribution in [2.24, 2.45) is 0 Å². The lowest BCUT2D eigenvalue weighted by atomic mass is 9.97. The SMILES string of the molecule is COC(=O)[C@H]1O[C@@H](Oc2ccccc2C(=O)OCc2ccccc2)[C@H](OC(C)=O)[C@@H](OC(C)=O)[C@@H]1OC(C)=O. The minimum absolute atomic E-state index is 0.000583. The molecule has 0 spiro atoms. The lowest BCUT2D eigenvalue weighted by Crippen LogP contribution is -2.64. The van der Waals surface area contributed by atoms with Crippen LogP contribution in [0.4, 0.5) is 0 Å². The molecule has 12 nitrogen and oxygen atoms in total. The van der Waals surface area contributed by atoms with E-state index in [1.54, 1.807) is 36.4 Å². The lowest BCUT2D eigenvalue weighted by molar-refractivity contribution is -0.282. The Kier molecular flexibility index (Phi) is 9.98. The molecule has 1 fully saturated rings. The van der Waals surface area contributed by atoms with E-state index in [-0.39, 0.29) is 17.9 Å². The molecule has 1 heterocycles.